The van der Waals surface area contributed by atoms with Crippen molar-refractivity contribution in [3.05, 3.63) is 88.7 Å². The van der Waals surface area contributed by atoms with Crippen molar-refractivity contribution in [1.29, 1.82) is 0 Å². The number of benzene rings is 2. The first-order valence-corrected chi connectivity index (χ1v) is 16.7. The Labute approximate surface area is 270 Å². The van der Waals surface area contributed by atoms with Gasteiger partial charge in [0.15, 0.2) is 5.96 Å². The third kappa shape index (κ3) is 5.81. The summed E-state index contributed by atoms with van der Waals surface area (Å²) in [5.41, 5.74) is 3.57. The number of halogens is 1. The lowest BCUT2D eigenvalue weighted by Gasteiger charge is -2.61. The fraction of sp³-hybridized carbons (Fsp3) is 0.459. The molecule has 2 aromatic heterocycles. The third-order valence-electron chi connectivity index (χ3n) is 11.0. The monoisotopic (exact) mass is 621 g/mol. The number of pyridine rings is 1. The molecule has 4 aliphatic rings. The van der Waals surface area contributed by atoms with Crippen LogP contribution in [0, 0.1) is 29.0 Å². The smallest absolute Gasteiger partial charge is 0.261 e. The van der Waals surface area contributed by atoms with E-state index in [2.05, 4.69) is 48.2 Å². The van der Waals surface area contributed by atoms with Crippen molar-refractivity contribution in [3.63, 3.8) is 0 Å². The zero-order valence-electron chi connectivity index (χ0n) is 27.2. The van der Waals surface area contributed by atoms with Gasteiger partial charge in [-0.25, -0.2) is 14.4 Å². The van der Waals surface area contributed by atoms with Gasteiger partial charge in [-0.05, 0) is 97.4 Å². The van der Waals surface area contributed by atoms with Gasteiger partial charge < -0.3 is 15.5 Å². The summed E-state index contributed by atoms with van der Waals surface area (Å²) in [6.45, 7) is 12.5. The molecule has 2 N–H and O–H groups in total. The SMILES string of the molecule is CC1CN(C(=NC2CC3CC(C2C)C3(C)C)Nc2ccc3c(=O)n(CCc4ccc(F)cc4)c(-c4ccncc4)nc3c2)CCN1. The van der Waals surface area contributed by atoms with Crippen LogP contribution >= 0.6 is 0 Å². The molecule has 3 heterocycles. The molecule has 5 atom stereocenters. The minimum atomic E-state index is -0.274. The van der Waals surface area contributed by atoms with Crippen LogP contribution in [0.4, 0.5) is 10.1 Å². The van der Waals surface area contributed by atoms with Crippen LogP contribution in [0.25, 0.3) is 22.3 Å². The van der Waals surface area contributed by atoms with Gasteiger partial charge in [0.25, 0.3) is 5.56 Å². The summed E-state index contributed by atoms with van der Waals surface area (Å²) in [5.74, 6) is 3.19. The Kier molecular flexibility index (Phi) is 8.13. The molecule has 1 aliphatic heterocycles. The van der Waals surface area contributed by atoms with E-state index < -0.39 is 0 Å². The highest BCUT2D eigenvalue weighted by atomic mass is 19.1. The van der Waals surface area contributed by atoms with E-state index in [9.17, 15) is 9.18 Å². The van der Waals surface area contributed by atoms with Crippen molar-refractivity contribution in [2.24, 2.45) is 28.2 Å². The van der Waals surface area contributed by atoms with Crippen molar-refractivity contribution >= 4 is 22.5 Å². The summed E-state index contributed by atoms with van der Waals surface area (Å²) in [4.78, 5) is 31.0. The Morgan fingerprint density at radius 3 is 2.59 bits per heavy atom. The van der Waals surface area contributed by atoms with E-state index in [0.29, 0.717) is 53.0 Å². The first kappa shape index (κ1) is 30.5. The highest BCUT2D eigenvalue weighted by Gasteiger charge is 2.56. The Bertz CT molecular complexity index is 1800. The van der Waals surface area contributed by atoms with Gasteiger partial charge in [-0.3, -0.25) is 14.3 Å². The lowest BCUT2D eigenvalue weighted by Crippen LogP contribution is -2.57. The van der Waals surface area contributed by atoms with Gasteiger partial charge in [0.1, 0.15) is 11.6 Å². The maximum atomic E-state index is 14.0. The predicted molar refractivity (Wildman–Crippen MR) is 182 cm³/mol. The van der Waals surface area contributed by atoms with Gasteiger partial charge in [-0.2, -0.15) is 0 Å². The number of aryl methyl sites for hydroxylation is 1. The molecule has 2 aromatic carbocycles. The summed E-state index contributed by atoms with van der Waals surface area (Å²) < 4.78 is 15.2. The standard InChI is InChI=1S/C37H44FN7O/c1-23-22-44(18-16-40-23)36(43-32-20-27-19-31(24(32)2)37(27,3)4)41-29-9-10-30-33(21-29)42-34(26-11-14-39-15-12-26)45(35(30)46)17-13-25-5-7-28(38)8-6-25/h5-12,14-15,21,23-24,27,31-32,40H,13,16-20,22H2,1-4H3,(H,41,43). The second-order valence-corrected chi connectivity index (χ2v) is 14.1. The van der Waals surface area contributed by atoms with Gasteiger partial charge in [-0.1, -0.05) is 32.9 Å². The molecule has 4 aromatic rings. The maximum Gasteiger partial charge on any atom is 0.261 e. The first-order valence-electron chi connectivity index (χ1n) is 16.7. The number of hydrogen-bond acceptors (Lipinski definition) is 5. The number of rotatable bonds is 6. The molecule has 5 unspecified atom stereocenters. The second kappa shape index (κ2) is 12.2. The summed E-state index contributed by atoms with van der Waals surface area (Å²) >= 11 is 0. The van der Waals surface area contributed by atoms with Crippen molar-refractivity contribution in [3.8, 4) is 11.4 Å². The molecule has 0 spiro atoms. The summed E-state index contributed by atoms with van der Waals surface area (Å²) in [6.07, 6.45) is 6.45. The van der Waals surface area contributed by atoms with E-state index in [-0.39, 0.29) is 17.4 Å². The average Bonchev–Trinajstić information content (AvgIpc) is 3.05. The van der Waals surface area contributed by atoms with E-state index in [1.54, 1.807) is 29.1 Å². The number of guanidine groups is 1. The number of hydrogen-bond donors (Lipinski definition) is 2. The summed E-state index contributed by atoms with van der Waals surface area (Å²) in [7, 11) is 0. The van der Waals surface area contributed by atoms with E-state index in [0.717, 1.165) is 54.7 Å². The first-order chi connectivity index (χ1) is 22.2. The molecule has 240 valence electrons. The summed E-state index contributed by atoms with van der Waals surface area (Å²) in [5, 5.41) is 7.79. The molecule has 0 amide bonds. The molecule has 8 rings (SSSR count). The van der Waals surface area contributed by atoms with Crippen LogP contribution in [0.15, 0.2) is 76.8 Å². The topological polar surface area (TPSA) is 87.4 Å². The van der Waals surface area contributed by atoms with Crippen LogP contribution < -0.4 is 16.2 Å². The van der Waals surface area contributed by atoms with Crippen molar-refractivity contribution < 1.29 is 4.39 Å². The maximum absolute atomic E-state index is 14.0. The van der Waals surface area contributed by atoms with Gasteiger partial charge in [0.2, 0.25) is 0 Å². The number of aliphatic imine (C=N–C) groups is 1. The fourth-order valence-corrected chi connectivity index (χ4v) is 8.02. The largest absolute Gasteiger partial charge is 0.340 e. The highest BCUT2D eigenvalue weighted by molar-refractivity contribution is 5.96. The van der Waals surface area contributed by atoms with Gasteiger partial charge in [0, 0.05) is 55.9 Å². The third-order valence-corrected chi connectivity index (χ3v) is 11.0. The Morgan fingerprint density at radius 2 is 1.87 bits per heavy atom. The van der Waals surface area contributed by atoms with Crippen molar-refractivity contribution in [2.45, 2.75) is 65.6 Å². The lowest BCUT2D eigenvalue weighted by atomic mass is 9.45. The molecule has 3 saturated carbocycles. The van der Waals surface area contributed by atoms with E-state index in [1.165, 1.54) is 18.6 Å². The van der Waals surface area contributed by atoms with Crippen LogP contribution in [-0.2, 0) is 13.0 Å². The lowest BCUT2D eigenvalue weighted by molar-refractivity contribution is -0.108. The van der Waals surface area contributed by atoms with E-state index in [4.69, 9.17) is 9.98 Å². The molecule has 9 heteroatoms. The van der Waals surface area contributed by atoms with Crippen LogP contribution in [0.1, 0.15) is 46.1 Å². The molecule has 8 nitrogen and oxygen atoms in total. The Balaban J connectivity index is 1.23. The summed E-state index contributed by atoms with van der Waals surface area (Å²) in [6, 6.07) is 16.6. The predicted octanol–water partition coefficient (Wildman–Crippen LogP) is 5.97. The molecule has 46 heavy (non-hydrogen) atoms. The molecule has 4 fully saturated rings. The zero-order chi connectivity index (χ0) is 32.0. The van der Waals surface area contributed by atoms with Gasteiger partial charge in [0.05, 0.1) is 16.9 Å². The Hall–Kier alpha value is -4.11. The number of nitrogens with zero attached hydrogens (tertiary/aromatic N) is 5. The molecular formula is C37H44FN7O. The minimum Gasteiger partial charge on any atom is -0.340 e. The number of fused-ring (bicyclic) bond motifs is 3. The molecular weight excluding hydrogens is 577 g/mol. The molecule has 3 aliphatic carbocycles. The number of aromatic nitrogens is 3. The van der Waals surface area contributed by atoms with Crippen molar-refractivity contribution in [1.82, 2.24) is 24.8 Å². The Morgan fingerprint density at radius 1 is 1.09 bits per heavy atom. The van der Waals surface area contributed by atoms with Crippen LogP contribution in [0.2, 0.25) is 0 Å². The fourth-order valence-electron chi connectivity index (χ4n) is 8.02. The van der Waals surface area contributed by atoms with Crippen LogP contribution in [0.5, 0.6) is 0 Å². The average molecular weight is 622 g/mol. The van der Waals surface area contributed by atoms with E-state index >= 15 is 0 Å². The highest BCUT2D eigenvalue weighted by Crippen LogP contribution is 2.61. The number of nitrogens with one attached hydrogen (secondary N) is 2. The van der Waals surface area contributed by atoms with Gasteiger partial charge in [-0.15, -0.1) is 0 Å². The molecule has 1 saturated heterocycles. The quantitative estimate of drug-likeness (QED) is 0.204. The van der Waals surface area contributed by atoms with Crippen LogP contribution in [0.3, 0.4) is 0 Å². The second-order valence-electron chi connectivity index (χ2n) is 14.1. The molecule has 0 radical (unpaired) electrons. The number of anilines is 1. The minimum absolute atomic E-state index is 0.104. The van der Waals surface area contributed by atoms with E-state index in [1.807, 2.05) is 30.3 Å². The molecule has 2 bridgehead atoms. The van der Waals surface area contributed by atoms with Gasteiger partial charge >= 0.3 is 0 Å². The number of piperazine rings is 1. The van der Waals surface area contributed by atoms with Crippen LogP contribution in [-0.4, -0.2) is 57.1 Å². The van der Waals surface area contributed by atoms with Crippen molar-refractivity contribution in [2.75, 3.05) is 25.0 Å². The normalized spacial score (nSPS) is 25.7. The zero-order valence-corrected chi connectivity index (χ0v) is 27.2.